The van der Waals surface area contributed by atoms with Gasteiger partial charge in [0.15, 0.2) is 0 Å². The van der Waals surface area contributed by atoms with Crippen LogP contribution < -0.4 is 0 Å². The number of fused-ring (bicyclic) bond motifs is 6. The first-order chi connectivity index (χ1) is 31.7. The SMILES string of the molecule is [2H]c1cc2c(-c3c([2H])c([2H])c(-c4c([2H])c([2H])c([2H])c([2H])c4[2H])c([2H])c3[2H])c3c([2H])c([2H])c([2H])c([2H])c3c(-c3c([2H])c([2H])c([2H])c4oc5c([2H])c6c([2H])c([2H])c([2H])c([2H])c6c([2H])c5c34)c2c([2H])c1[2H]. The van der Waals surface area contributed by atoms with Crippen molar-refractivity contribution in [3.63, 3.8) is 0 Å². The molecule has 8 aromatic carbocycles. The minimum atomic E-state index is -0.974. The van der Waals surface area contributed by atoms with Crippen molar-refractivity contribution in [2.75, 3.05) is 0 Å². The van der Waals surface area contributed by atoms with E-state index in [9.17, 15) is 9.60 Å². The van der Waals surface area contributed by atoms with Crippen molar-refractivity contribution in [2.24, 2.45) is 0 Å². The molecular formula is C42H26O. The number of hydrogen-bond acceptors (Lipinski definition) is 1. The lowest BCUT2D eigenvalue weighted by Crippen LogP contribution is -1.91. The Kier molecular flexibility index (Phi) is 2.19. The van der Waals surface area contributed by atoms with Crippen LogP contribution in [-0.2, 0) is 0 Å². The highest BCUT2D eigenvalue weighted by molar-refractivity contribution is 6.26. The summed E-state index contributed by atoms with van der Waals surface area (Å²) in [5, 5.41) is -4.03. The molecule has 0 atom stereocenters. The van der Waals surface area contributed by atoms with Gasteiger partial charge in [-0.1, -0.05) is 139 Å². The largest absolute Gasteiger partial charge is 0.456 e. The lowest BCUT2D eigenvalue weighted by molar-refractivity contribution is 0.669. The van der Waals surface area contributed by atoms with E-state index in [1.54, 1.807) is 0 Å². The molecule has 0 aliphatic carbocycles. The van der Waals surface area contributed by atoms with E-state index in [0.717, 1.165) is 6.07 Å². The average Bonchev–Trinajstić information content (AvgIpc) is 3.71. The average molecular weight is 572 g/mol. The Hall–Kier alpha value is -5.66. The van der Waals surface area contributed by atoms with Crippen LogP contribution >= 0.6 is 0 Å². The zero-order chi connectivity index (χ0) is 50.1. The molecule has 1 heteroatoms. The van der Waals surface area contributed by atoms with E-state index in [4.69, 9.17) is 29.1 Å². The summed E-state index contributed by atoms with van der Waals surface area (Å²) in [6.45, 7) is 0. The van der Waals surface area contributed by atoms with Gasteiger partial charge in [-0.15, -0.1) is 0 Å². The lowest BCUT2D eigenvalue weighted by atomic mass is 9.84. The third-order valence-electron chi connectivity index (χ3n) is 7.03. The van der Waals surface area contributed by atoms with Crippen LogP contribution in [0, 0.1) is 0 Å². The van der Waals surface area contributed by atoms with Gasteiger partial charge in [-0.3, -0.25) is 0 Å². The van der Waals surface area contributed by atoms with Gasteiger partial charge in [0.25, 0.3) is 0 Å². The quantitative estimate of drug-likeness (QED) is 0.192. The first kappa shape index (κ1) is 9.97. The second-order valence-corrected chi connectivity index (χ2v) is 9.34. The summed E-state index contributed by atoms with van der Waals surface area (Å²) in [5.74, 6) is 0. The molecule has 1 aromatic heterocycles. The highest BCUT2D eigenvalue weighted by Gasteiger charge is 2.20. The molecule has 1 nitrogen and oxygen atoms in total. The van der Waals surface area contributed by atoms with E-state index in [2.05, 4.69) is 0 Å². The minimum Gasteiger partial charge on any atom is -0.456 e. The van der Waals surface area contributed by atoms with Gasteiger partial charge in [-0.25, -0.2) is 0 Å². The van der Waals surface area contributed by atoms with E-state index in [-0.39, 0.29) is 0 Å². The molecule has 0 amide bonds. The smallest absolute Gasteiger partial charge is 0.136 e. The van der Waals surface area contributed by atoms with Gasteiger partial charge in [-0.2, -0.15) is 0 Å². The monoisotopic (exact) mass is 571 g/mol. The number of furan rings is 1. The van der Waals surface area contributed by atoms with E-state index in [1.165, 1.54) is 0 Å². The van der Waals surface area contributed by atoms with Crippen molar-refractivity contribution < 1.29 is 38.7 Å². The van der Waals surface area contributed by atoms with E-state index in [1.807, 2.05) is 0 Å². The predicted molar refractivity (Wildman–Crippen MR) is 183 cm³/mol. The molecule has 0 aliphatic rings. The summed E-state index contributed by atoms with van der Waals surface area (Å²) in [7, 11) is 0. The molecule has 200 valence electrons. The summed E-state index contributed by atoms with van der Waals surface area (Å²) in [4.78, 5) is 0. The van der Waals surface area contributed by atoms with E-state index >= 15 is 0 Å². The zero-order valence-corrected chi connectivity index (χ0v) is 21.5. The molecule has 0 fully saturated rings. The molecule has 9 aromatic rings. The van der Waals surface area contributed by atoms with E-state index in [0.29, 0.717) is 0 Å². The van der Waals surface area contributed by atoms with Crippen molar-refractivity contribution >= 4 is 54.3 Å². The topological polar surface area (TPSA) is 13.1 Å². The Morgan fingerprint density at radius 3 is 1.79 bits per heavy atom. The first-order valence-electron chi connectivity index (χ1n) is 25.2. The molecule has 0 saturated carbocycles. The van der Waals surface area contributed by atoms with Crippen LogP contribution in [-0.4, -0.2) is 0 Å². The molecule has 0 N–H and O–H groups in total. The molecule has 0 spiro atoms. The van der Waals surface area contributed by atoms with Gasteiger partial charge in [0.1, 0.15) is 11.2 Å². The summed E-state index contributed by atoms with van der Waals surface area (Å²) < 4.78 is 228. The van der Waals surface area contributed by atoms with Crippen molar-refractivity contribution in [2.45, 2.75) is 0 Å². The molecule has 0 unspecified atom stereocenters. The number of benzene rings is 8. The van der Waals surface area contributed by atoms with Gasteiger partial charge in [0.05, 0.1) is 34.3 Å². The lowest BCUT2D eigenvalue weighted by Gasteiger charge is -2.18. The van der Waals surface area contributed by atoms with Crippen LogP contribution in [0.4, 0.5) is 0 Å². The maximum absolute atomic E-state index is 9.46. The van der Waals surface area contributed by atoms with Crippen LogP contribution in [0.25, 0.3) is 87.6 Å². The third-order valence-corrected chi connectivity index (χ3v) is 7.03. The van der Waals surface area contributed by atoms with Crippen molar-refractivity contribution in [1.82, 2.24) is 0 Å². The van der Waals surface area contributed by atoms with Crippen LogP contribution in [0.2, 0.25) is 0 Å². The maximum atomic E-state index is 9.46. The normalized spacial score (nSPS) is 19.9. The van der Waals surface area contributed by atoms with Gasteiger partial charge >= 0.3 is 0 Å². The number of hydrogen-bond donors (Lipinski definition) is 0. The Balaban J connectivity index is 1.59. The third kappa shape index (κ3) is 3.72. The summed E-state index contributed by atoms with van der Waals surface area (Å²) in [5.41, 5.74) is -4.97. The predicted octanol–water partition coefficient (Wildman–Crippen LogP) is 12.0. The maximum Gasteiger partial charge on any atom is 0.136 e. The van der Waals surface area contributed by atoms with Crippen molar-refractivity contribution in [3.05, 3.63) is 157 Å². The summed E-state index contributed by atoms with van der Waals surface area (Å²) >= 11 is 0. The second-order valence-electron chi connectivity index (χ2n) is 9.34. The van der Waals surface area contributed by atoms with Gasteiger partial charge in [0.2, 0.25) is 0 Å². The van der Waals surface area contributed by atoms with Gasteiger partial charge in [-0.05, 0) is 83.8 Å². The Bertz CT molecular complexity index is 3850. The fourth-order valence-electron chi connectivity index (χ4n) is 5.24. The Morgan fingerprint density at radius 2 is 1.00 bits per heavy atom. The van der Waals surface area contributed by atoms with Gasteiger partial charge in [0, 0.05) is 10.8 Å². The van der Waals surface area contributed by atoms with Crippen LogP contribution in [0.15, 0.2) is 162 Å². The molecule has 0 saturated heterocycles. The summed E-state index contributed by atoms with van der Waals surface area (Å²) in [6.07, 6.45) is 0. The molecule has 1 heterocycles. The molecule has 9 rings (SSSR count). The molecule has 43 heavy (non-hydrogen) atoms. The molecule has 0 aliphatic heterocycles. The number of rotatable bonds is 3. The van der Waals surface area contributed by atoms with Crippen LogP contribution in [0.1, 0.15) is 34.3 Å². The fraction of sp³-hybridized carbons (Fsp3) is 0. The van der Waals surface area contributed by atoms with E-state index < -0.39 is 239 Å². The highest BCUT2D eigenvalue weighted by atomic mass is 16.3. The Labute approximate surface area is 284 Å². The summed E-state index contributed by atoms with van der Waals surface area (Å²) in [6, 6.07) is -20.1. The zero-order valence-electron chi connectivity index (χ0n) is 46.5. The molecule has 0 bridgehead atoms. The standard InChI is InChI=1S/C42H26O/c1-2-11-27(12-3-1)28-21-23-29(24-22-28)40-32-15-6-8-17-34(32)41(35-18-9-7-16-33(35)40)36-19-10-20-38-42(36)37-25-30-13-4-5-14-31(30)26-39(37)43-38/h1-26H/i1D,2D,3D,4D,5D,6D,7D,8D,9D,10D,11D,12D,13D,14D,15D,17D,18D,19D,20D,21D,22D,23D,24D,25D,26D. The second kappa shape index (κ2) is 9.44. The van der Waals surface area contributed by atoms with Crippen LogP contribution in [0.3, 0.4) is 0 Å². The van der Waals surface area contributed by atoms with Crippen LogP contribution in [0.5, 0.6) is 0 Å². The highest BCUT2D eigenvalue weighted by Crippen LogP contribution is 2.47. The van der Waals surface area contributed by atoms with Gasteiger partial charge < -0.3 is 4.42 Å². The minimum absolute atomic E-state index is 0.437. The molecule has 0 radical (unpaired) electrons. The van der Waals surface area contributed by atoms with Crippen molar-refractivity contribution in [3.8, 4) is 33.4 Å². The first-order valence-corrected chi connectivity index (χ1v) is 12.7. The molecular weight excluding hydrogens is 520 g/mol. The van der Waals surface area contributed by atoms with Crippen molar-refractivity contribution in [1.29, 1.82) is 0 Å². The fourth-order valence-corrected chi connectivity index (χ4v) is 5.24. The Morgan fingerprint density at radius 1 is 0.395 bits per heavy atom.